The molecule has 7 nitrogen and oxygen atoms in total. The Balaban J connectivity index is 1.75. The van der Waals surface area contributed by atoms with Crippen LogP contribution in [0.15, 0.2) is 53.3 Å². The molecule has 1 amide bonds. The topological polar surface area (TPSA) is 84.5 Å². The monoisotopic (exact) mass is 421 g/mol. The lowest BCUT2D eigenvalue weighted by Crippen LogP contribution is -2.30. The summed E-state index contributed by atoms with van der Waals surface area (Å²) in [5.41, 5.74) is 1.21. The van der Waals surface area contributed by atoms with E-state index >= 15 is 0 Å². The van der Waals surface area contributed by atoms with Gasteiger partial charge in [0.25, 0.3) is 5.56 Å². The molecule has 7 heteroatoms. The molecule has 0 radical (unpaired) electrons. The van der Waals surface area contributed by atoms with Gasteiger partial charge in [-0.3, -0.25) is 9.59 Å². The Hall–Kier alpha value is -3.61. The van der Waals surface area contributed by atoms with E-state index in [1.165, 1.54) is 6.08 Å². The lowest BCUT2D eigenvalue weighted by atomic mass is 10.2. The molecule has 0 aliphatic heterocycles. The summed E-state index contributed by atoms with van der Waals surface area (Å²) in [4.78, 5) is 33.9. The van der Waals surface area contributed by atoms with Gasteiger partial charge in [0.1, 0.15) is 5.82 Å². The van der Waals surface area contributed by atoms with Crippen molar-refractivity contribution in [3.8, 4) is 11.5 Å². The number of hydrogen-bond acceptors (Lipinski definition) is 5. The van der Waals surface area contributed by atoms with E-state index in [1.54, 1.807) is 36.3 Å². The maximum absolute atomic E-state index is 12.7. The molecular weight excluding hydrogens is 394 g/mol. The van der Waals surface area contributed by atoms with E-state index in [4.69, 9.17) is 9.47 Å². The second-order valence-electron chi connectivity index (χ2n) is 7.29. The van der Waals surface area contributed by atoms with E-state index in [9.17, 15) is 9.59 Å². The number of fused-ring (bicyclic) bond motifs is 1. The predicted octanol–water partition coefficient (Wildman–Crippen LogP) is 3.78. The largest absolute Gasteiger partial charge is 0.493 e. The number of rotatable bonds is 8. The summed E-state index contributed by atoms with van der Waals surface area (Å²) in [5.74, 6) is 1.53. The molecule has 0 spiro atoms. The smallest absolute Gasteiger partial charge is 0.258 e. The van der Waals surface area contributed by atoms with E-state index in [1.807, 2.05) is 45.0 Å². The highest BCUT2D eigenvalue weighted by Gasteiger charge is 2.13. The molecule has 0 bridgehead atoms. The first-order valence-electron chi connectivity index (χ1n) is 10.2. The number of para-hydroxylation sites is 1. The highest BCUT2D eigenvalue weighted by Crippen LogP contribution is 2.29. The molecule has 0 saturated carbocycles. The Morgan fingerprint density at radius 1 is 1.19 bits per heavy atom. The summed E-state index contributed by atoms with van der Waals surface area (Å²) in [6.45, 7) is 6.46. The number of nitrogens with one attached hydrogen (secondary N) is 1. The molecule has 162 valence electrons. The summed E-state index contributed by atoms with van der Waals surface area (Å²) < 4.78 is 11.1. The molecule has 0 atom stereocenters. The molecule has 2 aromatic carbocycles. The van der Waals surface area contributed by atoms with Crippen molar-refractivity contribution in [2.45, 2.75) is 33.4 Å². The van der Waals surface area contributed by atoms with Crippen molar-refractivity contribution in [3.05, 3.63) is 70.3 Å². The van der Waals surface area contributed by atoms with Crippen LogP contribution in [0.5, 0.6) is 11.5 Å². The van der Waals surface area contributed by atoms with E-state index in [0.29, 0.717) is 34.8 Å². The number of likely N-dealkylation sites (N-methyl/N-ethyl adjacent to an activating group) is 1. The molecule has 3 rings (SSSR count). The van der Waals surface area contributed by atoms with Gasteiger partial charge in [-0.25, -0.2) is 4.98 Å². The van der Waals surface area contributed by atoms with Crippen LogP contribution in [0.2, 0.25) is 0 Å². The Labute approximate surface area is 181 Å². The molecule has 31 heavy (non-hydrogen) atoms. The van der Waals surface area contributed by atoms with Gasteiger partial charge >= 0.3 is 0 Å². The summed E-state index contributed by atoms with van der Waals surface area (Å²) in [6, 6.07) is 12.6. The summed E-state index contributed by atoms with van der Waals surface area (Å²) in [6.07, 6.45) is 3.26. The first kappa shape index (κ1) is 22.1. The van der Waals surface area contributed by atoms with Crippen molar-refractivity contribution in [1.29, 1.82) is 0 Å². The highest BCUT2D eigenvalue weighted by molar-refractivity contribution is 5.91. The van der Waals surface area contributed by atoms with Crippen molar-refractivity contribution >= 4 is 22.9 Å². The number of nitrogens with zero attached hydrogens (tertiary/aromatic N) is 2. The van der Waals surface area contributed by atoms with Gasteiger partial charge in [-0.2, -0.15) is 0 Å². The summed E-state index contributed by atoms with van der Waals surface area (Å²) in [5, 5.41) is 0.527. The van der Waals surface area contributed by atoms with Gasteiger partial charge in [0, 0.05) is 12.6 Å². The zero-order valence-corrected chi connectivity index (χ0v) is 18.2. The van der Waals surface area contributed by atoms with Crippen LogP contribution in [0.1, 0.15) is 32.2 Å². The van der Waals surface area contributed by atoms with Crippen LogP contribution < -0.4 is 15.0 Å². The van der Waals surface area contributed by atoms with Crippen molar-refractivity contribution in [1.82, 2.24) is 14.9 Å². The number of carbonyl (C=O) groups excluding carboxylic acids is 1. The fourth-order valence-corrected chi connectivity index (χ4v) is 3.15. The van der Waals surface area contributed by atoms with Crippen LogP contribution >= 0.6 is 0 Å². The van der Waals surface area contributed by atoms with E-state index in [0.717, 1.165) is 5.56 Å². The zero-order chi connectivity index (χ0) is 22.4. The number of hydrogen-bond donors (Lipinski definition) is 1. The number of H-pyrrole nitrogens is 1. The van der Waals surface area contributed by atoms with Crippen LogP contribution in [-0.2, 0) is 11.3 Å². The molecule has 0 aliphatic rings. The Morgan fingerprint density at radius 2 is 1.97 bits per heavy atom. The Kier molecular flexibility index (Phi) is 7.07. The number of carbonyl (C=O) groups is 1. The fraction of sp³-hybridized carbons (Fsp3) is 0.292. The van der Waals surface area contributed by atoms with Gasteiger partial charge in [-0.15, -0.1) is 0 Å². The van der Waals surface area contributed by atoms with Crippen LogP contribution in [0, 0.1) is 0 Å². The molecule has 0 unspecified atom stereocenters. The van der Waals surface area contributed by atoms with Crippen molar-refractivity contribution in [3.63, 3.8) is 0 Å². The minimum Gasteiger partial charge on any atom is -0.493 e. The quantitative estimate of drug-likeness (QED) is 0.560. The standard InChI is InChI=1S/C24H27N3O4/c1-5-27(15-22-25-19-9-7-6-8-18(19)24(29)26-22)23(28)13-11-17-10-12-20(31-16(2)3)21(14-17)30-4/h6-14,16H,5,15H2,1-4H3,(H,25,26,29)/b13-11+. The lowest BCUT2D eigenvalue weighted by Gasteiger charge is -2.18. The van der Waals surface area contributed by atoms with Crippen LogP contribution in [0.3, 0.4) is 0 Å². The molecular formula is C24H27N3O4. The zero-order valence-electron chi connectivity index (χ0n) is 18.2. The van der Waals surface area contributed by atoms with E-state index in [-0.39, 0.29) is 24.1 Å². The number of benzene rings is 2. The van der Waals surface area contributed by atoms with Crippen molar-refractivity contribution in [2.24, 2.45) is 0 Å². The maximum atomic E-state index is 12.7. The third-order valence-electron chi connectivity index (χ3n) is 4.66. The van der Waals surface area contributed by atoms with Crippen molar-refractivity contribution in [2.75, 3.05) is 13.7 Å². The highest BCUT2D eigenvalue weighted by atomic mass is 16.5. The molecule has 3 aromatic rings. The fourth-order valence-electron chi connectivity index (χ4n) is 3.15. The average molecular weight is 421 g/mol. The van der Waals surface area contributed by atoms with E-state index < -0.39 is 0 Å². The number of aromatic amines is 1. The predicted molar refractivity (Wildman–Crippen MR) is 121 cm³/mol. The lowest BCUT2D eigenvalue weighted by molar-refractivity contribution is -0.126. The Morgan fingerprint density at radius 3 is 2.68 bits per heavy atom. The average Bonchev–Trinajstić information content (AvgIpc) is 2.76. The maximum Gasteiger partial charge on any atom is 0.258 e. The Bertz CT molecular complexity index is 1150. The van der Waals surface area contributed by atoms with Crippen LogP contribution in [-0.4, -0.2) is 40.5 Å². The van der Waals surface area contributed by atoms with Gasteiger partial charge in [-0.05, 0) is 56.7 Å². The first-order valence-corrected chi connectivity index (χ1v) is 10.2. The number of methoxy groups -OCH3 is 1. The summed E-state index contributed by atoms with van der Waals surface area (Å²) >= 11 is 0. The normalized spacial score (nSPS) is 11.3. The van der Waals surface area contributed by atoms with E-state index in [2.05, 4.69) is 9.97 Å². The minimum absolute atomic E-state index is 0.0325. The molecule has 1 aromatic heterocycles. The number of ether oxygens (including phenoxy) is 2. The minimum atomic E-state index is -0.213. The third kappa shape index (κ3) is 5.51. The second-order valence-corrected chi connectivity index (χ2v) is 7.29. The number of aromatic nitrogens is 2. The van der Waals surface area contributed by atoms with Gasteiger partial charge in [-0.1, -0.05) is 18.2 Å². The van der Waals surface area contributed by atoms with Gasteiger partial charge < -0.3 is 19.4 Å². The molecule has 0 saturated heterocycles. The van der Waals surface area contributed by atoms with Crippen LogP contribution in [0.25, 0.3) is 17.0 Å². The SMILES string of the molecule is CCN(Cc1nc2ccccc2c(=O)[nH]1)C(=O)/C=C/c1ccc(OC(C)C)c(OC)c1. The van der Waals surface area contributed by atoms with Crippen LogP contribution in [0.4, 0.5) is 0 Å². The van der Waals surface area contributed by atoms with Gasteiger partial charge in [0.2, 0.25) is 5.91 Å². The number of amides is 1. The molecule has 1 N–H and O–H groups in total. The third-order valence-corrected chi connectivity index (χ3v) is 4.66. The van der Waals surface area contributed by atoms with Crippen molar-refractivity contribution < 1.29 is 14.3 Å². The van der Waals surface area contributed by atoms with Gasteiger partial charge in [0.15, 0.2) is 11.5 Å². The second kappa shape index (κ2) is 9.93. The first-order chi connectivity index (χ1) is 14.9. The molecule has 0 fully saturated rings. The molecule has 0 aliphatic carbocycles. The van der Waals surface area contributed by atoms with Gasteiger partial charge in [0.05, 0.1) is 30.7 Å². The summed E-state index contributed by atoms with van der Waals surface area (Å²) in [7, 11) is 1.58. The molecule has 1 heterocycles.